The standard InChI is InChI=1S/C17H27N3O2/c1-16(2,3)22-15(21)20-14-9-8-12(11-18-14)19-13-7-6-10-17(13,4)5/h8-9,11,13,19H,6-7,10H2,1-5H3,(H,18,20,21). The molecule has 1 unspecified atom stereocenters. The van der Waals surface area contributed by atoms with Gasteiger partial charge in [0.25, 0.3) is 0 Å². The SMILES string of the molecule is CC(C)(C)OC(=O)Nc1ccc(NC2CCCC2(C)C)cn1. The largest absolute Gasteiger partial charge is 0.444 e. The second-order valence-corrected chi connectivity index (χ2v) is 7.64. The molecule has 2 N–H and O–H groups in total. The van der Waals surface area contributed by atoms with E-state index in [2.05, 4.69) is 29.5 Å². The van der Waals surface area contributed by atoms with E-state index in [0.717, 1.165) is 5.69 Å². The number of amides is 1. The maximum absolute atomic E-state index is 11.7. The minimum absolute atomic E-state index is 0.313. The highest BCUT2D eigenvalue weighted by atomic mass is 16.6. The highest BCUT2D eigenvalue weighted by molar-refractivity contribution is 5.83. The Bertz CT molecular complexity index is 518. The van der Waals surface area contributed by atoms with Gasteiger partial charge in [-0.3, -0.25) is 5.32 Å². The summed E-state index contributed by atoms with van der Waals surface area (Å²) in [5.74, 6) is 0.491. The summed E-state index contributed by atoms with van der Waals surface area (Å²) in [6.07, 6.45) is 4.95. The van der Waals surface area contributed by atoms with Gasteiger partial charge in [0, 0.05) is 6.04 Å². The molecule has 122 valence electrons. The van der Waals surface area contributed by atoms with Gasteiger partial charge in [-0.2, -0.15) is 0 Å². The van der Waals surface area contributed by atoms with Crippen LogP contribution in [0.3, 0.4) is 0 Å². The zero-order valence-corrected chi connectivity index (χ0v) is 14.2. The van der Waals surface area contributed by atoms with E-state index in [4.69, 9.17) is 4.74 Å². The van der Waals surface area contributed by atoms with Crippen LogP contribution in [0.4, 0.5) is 16.3 Å². The summed E-state index contributed by atoms with van der Waals surface area (Å²) in [4.78, 5) is 16.0. The van der Waals surface area contributed by atoms with Crippen LogP contribution in [0.2, 0.25) is 0 Å². The van der Waals surface area contributed by atoms with Gasteiger partial charge in [0.2, 0.25) is 0 Å². The van der Waals surface area contributed by atoms with E-state index in [1.807, 2.05) is 26.8 Å². The minimum atomic E-state index is -0.514. The lowest BCUT2D eigenvalue weighted by Crippen LogP contribution is -2.30. The number of anilines is 2. The molecule has 0 radical (unpaired) electrons. The van der Waals surface area contributed by atoms with Crippen molar-refractivity contribution < 1.29 is 9.53 Å². The number of hydrogen-bond acceptors (Lipinski definition) is 4. The molecule has 1 heterocycles. The molecule has 1 aliphatic carbocycles. The van der Waals surface area contributed by atoms with Crippen LogP contribution in [0, 0.1) is 5.41 Å². The Morgan fingerprint density at radius 2 is 2.09 bits per heavy atom. The predicted molar refractivity (Wildman–Crippen MR) is 89.1 cm³/mol. The topological polar surface area (TPSA) is 63.2 Å². The third-order valence-corrected chi connectivity index (χ3v) is 3.99. The van der Waals surface area contributed by atoms with Gasteiger partial charge in [-0.05, 0) is 51.2 Å². The van der Waals surface area contributed by atoms with Crippen LogP contribution in [0.15, 0.2) is 18.3 Å². The maximum atomic E-state index is 11.7. The molecule has 1 aromatic rings. The van der Waals surface area contributed by atoms with E-state index in [0.29, 0.717) is 17.3 Å². The van der Waals surface area contributed by atoms with Gasteiger partial charge in [-0.25, -0.2) is 9.78 Å². The van der Waals surface area contributed by atoms with Crippen LogP contribution in [0.1, 0.15) is 53.9 Å². The predicted octanol–water partition coefficient (Wildman–Crippen LogP) is 4.42. The smallest absolute Gasteiger partial charge is 0.413 e. The minimum Gasteiger partial charge on any atom is -0.444 e. The molecule has 0 aromatic carbocycles. The van der Waals surface area contributed by atoms with Crippen molar-refractivity contribution in [2.24, 2.45) is 5.41 Å². The lowest BCUT2D eigenvalue weighted by Gasteiger charge is -2.28. The number of hydrogen-bond donors (Lipinski definition) is 2. The van der Waals surface area contributed by atoms with Crippen LogP contribution in [0.25, 0.3) is 0 Å². The third kappa shape index (κ3) is 4.61. The highest BCUT2D eigenvalue weighted by Gasteiger charge is 2.34. The van der Waals surface area contributed by atoms with Crippen molar-refractivity contribution in [1.29, 1.82) is 0 Å². The number of rotatable bonds is 3. The normalized spacial score (nSPS) is 20.5. The Hall–Kier alpha value is -1.78. The van der Waals surface area contributed by atoms with Crippen LogP contribution in [-0.2, 0) is 4.74 Å². The number of ether oxygens (including phenoxy) is 1. The summed E-state index contributed by atoms with van der Waals surface area (Å²) < 4.78 is 5.20. The second kappa shape index (κ2) is 6.15. The number of nitrogens with zero attached hydrogens (tertiary/aromatic N) is 1. The Balaban J connectivity index is 1.92. The summed E-state index contributed by atoms with van der Waals surface area (Å²) >= 11 is 0. The molecule has 5 heteroatoms. The van der Waals surface area contributed by atoms with Gasteiger partial charge in [-0.15, -0.1) is 0 Å². The summed E-state index contributed by atoms with van der Waals surface area (Å²) in [5.41, 5.74) is 0.780. The molecule has 1 atom stereocenters. The first-order valence-electron chi connectivity index (χ1n) is 7.88. The Kier molecular flexibility index (Phi) is 4.63. The average Bonchev–Trinajstić information content (AvgIpc) is 2.69. The highest BCUT2D eigenvalue weighted by Crippen LogP contribution is 2.38. The molecule has 1 fully saturated rings. The molecule has 0 spiro atoms. The molecule has 0 aliphatic heterocycles. The van der Waals surface area contributed by atoms with Crippen molar-refractivity contribution in [3.8, 4) is 0 Å². The second-order valence-electron chi connectivity index (χ2n) is 7.64. The summed E-state index contributed by atoms with van der Waals surface area (Å²) in [7, 11) is 0. The zero-order chi connectivity index (χ0) is 16.4. The molecule has 5 nitrogen and oxygen atoms in total. The van der Waals surface area contributed by atoms with Crippen molar-refractivity contribution in [1.82, 2.24) is 4.98 Å². The van der Waals surface area contributed by atoms with Crippen LogP contribution < -0.4 is 10.6 Å². The molecule has 0 saturated heterocycles. The van der Waals surface area contributed by atoms with E-state index in [9.17, 15) is 4.79 Å². The average molecular weight is 305 g/mol. The summed E-state index contributed by atoms with van der Waals surface area (Å²) in [6.45, 7) is 10.1. The van der Waals surface area contributed by atoms with E-state index in [-0.39, 0.29) is 0 Å². The Labute approximate surface area is 132 Å². The van der Waals surface area contributed by atoms with Crippen molar-refractivity contribution in [2.45, 2.75) is 65.5 Å². The molecular weight excluding hydrogens is 278 g/mol. The molecule has 1 saturated carbocycles. The maximum Gasteiger partial charge on any atom is 0.413 e. The van der Waals surface area contributed by atoms with Gasteiger partial charge in [0.15, 0.2) is 0 Å². The number of aromatic nitrogens is 1. The molecule has 1 amide bonds. The Morgan fingerprint density at radius 3 is 2.59 bits per heavy atom. The number of carbonyl (C=O) groups excluding carboxylic acids is 1. The van der Waals surface area contributed by atoms with Crippen molar-refractivity contribution in [2.75, 3.05) is 10.6 Å². The summed E-state index contributed by atoms with van der Waals surface area (Å²) in [6, 6.07) is 4.20. The monoisotopic (exact) mass is 305 g/mol. The Morgan fingerprint density at radius 1 is 1.36 bits per heavy atom. The first kappa shape index (κ1) is 16.6. The fourth-order valence-electron chi connectivity index (χ4n) is 2.76. The molecule has 1 aliphatic rings. The van der Waals surface area contributed by atoms with Crippen molar-refractivity contribution in [3.63, 3.8) is 0 Å². The molecule has 22 heavy (non-hydrogen) atoms. The molecule has 2 rings (SSSR count). The first-order valence-corrected chi connectivity index (χ1v) is 7.88. The van der Waals surface area contributed by atoms with Gasteiger partial charge in [-0.1, -0.05) is 20.3 Å². The lowest BCUT2D eigenvalue weighted by molar-refractivity contribution is 0.0635. The fourth-order valence-corrected chi connectivity index (χ4v) is 2.76. The van der Waals surface area contributed by atoms with E-state index < -0.39 is 11.7 Å². The first-order chi connectivity index (χ1) is 10.2. The van der Waals surface area contributed by atoms with Crippen LogP contribution >= 0.6 is 0 Å². The van der Waals surface area contributed by atoms with E-state index >= 15 is 0 Å². The molecule has 1 aromatic heterocycles. The number of carbonyl (C=O) groups is 1. The van der Waals surface area contributed by atoms with Crippen LogP contribution in [-0.4, -0.2) is 22.7 Å². The van der Waals surface area contributed by atoms with Crippen molar-refractivity contribution in [3.05, 3.63) is 18.3 Å². The number of pyridine rings is 1. The van der Waals surface area contributed by atoms with E-state index in [1.165, 1.54) is 19.3 Å². The summed E-state index contributed by atoms with van der Waals surface area (Å²) in [5, 5.41) is 6.18. The van der Waals surface area contributed by atoms with Gasteiger partial charge in [0.05, 0.1) is 11.9 Å². The zero-order valence-electron chi connectivity index (χ0n) is 14.2. The van der Waals surface area contributed by atoms with Crippen molar-refractivity contribution >= 4 is 17.6 Å². The van der Waals surface area contributed by atoms with Gasteiger partial charge < -0.3 is 10.1 Å². The fraction of sp³-hybridized carbons (Fsp3) is 0.647. The number of nitrogens with one attached hydrogen (secondary N) is 2. The van der Waals surface area contributed by atoms with Gasteiger partial charge >= 0.3 is 6.09 Å². The quantitative estimate of drug-likeness (QED) is 0.867. The van der Waals surface area contributed by atoms with Gasteiger partial charge in [0.1, 0.15) is 11.4 Å². The molecular formula is C17H27N3O2. The van der Waals surface area contributed by atoms with E-state index in [1.54, 1.807) is 12.3 Å². The van der Waals surface area contributed by atoms with Crippen LogP contribution in [0.5, 0.6) is 0 Å². The molecule has 0 bridgehead atoms. The lowest BCUT2D eigenvalue weighted by atomic mass is 9.87. The third-order valence-electron chi connectivity index (χ3n) is 3.99.